The van der Waals surface area contributed by atoms with Crippen LogP contribution in [0.3, 0.4) is 0 Å². The van der Waals surface area contributed by atoms with Crippen molar-refractivity contribution in [1.82, 2.24) is 15.5 Å². The summed E-state index contributed by atoms with van der Waals surface area (Å²) in [6.07, 6.45) is 1.17. The Hall–Kier alpha value is -2.11. The number of likely N-dealkylation sites (tertiary alicyclic amines) is 1. The van der Waals surface area contributed by atoms with Crippen LogP contribution >= 0.6 is 24.0 Å². The second-order valence-corrected chi connectivity index (χ2v) is 8.30. The average Bonchev–Trinajstić information content (AvgIpc) is 3.16. The minimum atomic E-state index is -0.509. The summed E-state index contributed by atoms with van der Waals surface area (Å²) in [5.41, 5.74) is 0.500. The highest BCUT2D eigenvalue weighted by Crippen LogP contribution is 2.39. The molecule has 32 heavy (non-hydrogen) atoms. The number of nitrogens with zero attached hydrogens (tertiary/aromatic N) is 2. The molecule has 0 saturated carbocycles. The van der Waals surface area contributed by atoms with Crippen molar-refractivity contribution >= 4 is 36.0 Å². The third kappa shape index (κ3) is 7.79. The van der Waals surface area contributed by atoms with Crippen molar-refractivity contribution in [2.75, 3.05) is 48.0 Å². The van der Waals surface area contributed by atoms with E-state index in [1.165, 1.54) is 0 Å². The van der Waals surface area contributed by atoms with Gasteiger partial charge in [0.15, 0.2) is 17.5 Å². The van der Waals surface area contributed by atoms with Crippen molar-refractivity contribution < 1.29 is 23.7 Å². The van der Waals surface area contributed by atoms with Gasteiger partial charge in [-0.3, -0.25) is 4.99 Å². The molecule has 1 fully saturated rings. The fourth-order valence-electron chi connectivity index (χ4n) is 3.55. The molecule has 1 aromatic carbocycles. The van der Waals surface area contributed by atoms with Crippen LogP contribution in [0.15, 0.2) is 17.1 Å². The molecule has 0 aromatic heterocycles. The molecular formula is C22H37IN4O5. The number of alkyl carbamates (subject to hydrolysis) is 1. The number of methoxy groups -OCH3 is 3. The quantitative estimate of drug-likeness (QED) is 0.299. The molecule has 1 unspecified atom stereocenters. The lowest BCUT2D eigenvalue weighted by Gasteiger charge is -2.23. The fraction of sp³-hybridized carbons (Fsp3) is 0.636. The van der Waals surface area contributed by atoms with E-state index in [0.717, 1.165) is 30.9 Å². The zero-order valence-corrected chi connectivity index (χ0v) is 22.4. The highest BCUT2D eigenvalue weighted by molar-refractivity contribution is 14.0. The molecular weight excluding hydrogens is 527 g/mol. The lowest BCUT2D eigenvalue weighted by molar-refractivity contribution is 0.0507. The van der Waals surface area contributed by atoms with E-state index in [9.17, 15) is 4.79 Å². The summed E-state index contributed by atoms with van der Waals surface area (Å²) in [6, 6.07) is 3.87. The van der Waals surface area contributed by atoms with Crippen molar-refractivity contribution in [3.63, 3.8) is 0 Å². The van der Waals surface area contributed by atoms with E-state index in [-0.39, 0.29) is 36.1 Å². The lowest BCUT2D eigenvalue weighted by atomic mass is 10.1. The first-order valence-electron chi connectivity index (χ1n) is 10.4. The fourth-order valence-corrected chi connectivity index (χ4v) is 3.55. The highest BCUT2D eigenvalue weighted by Gasteiger charge is 2.28. The van der Waals surface area contributed by atoms with Gasteiger partial charge in [0.05, 0.1) is 27.4 Å². The standard InChI is InChI=1S/C22H36N4O5.HI/c1-22(2,3)31-21(27)25-16-11-13-26(14-16)20(23-4)24-12-10-15-8-9-17(28-5)19(30-7)18(15)29-6;/h8-9,16H,10-14H2,1-7H3,(H,23,24)(H,25,27);1H. The normalized spacial score (nSPS) is 16.2. The molecule has 1 atom stereocenters. The van der Waals surface area contributed by atoms with Crippen LogP contribution in [0, 0.1) is 0 Å². The molecule has 2 rings (SSSR count). The largest absolute Gasteiger partial charge is 0.493 e. The van der Waals surface area contributed by atoms with E-state index in [4.69, 9.17) is 18.9 Å². The van der Waals surface area contributed by atoms with E-state index in [0.29, 0.717) is 30.3 Å². The number of hydrogen-bond acceptors (Lipinski definition) is 6. The molecule has 182 valence electrons. The summed E-state index contributed by atoms with van der Waals surface area (Å²) in [6.45, 7) is 7.71. The minimum absolute atomic E-state index is 0. The van der Waals surface area contributed by atoms with Crippen molar-refractivity contribution in [2.24, 2.45) is 4.99 Å². The van der Waals surface area contributed by atoms with Crippen LogP contribution in [0.2, 0.25) is 0 Å². The molecule has 1 saturated heterocycles. The molecule has 0 radical (unpaired) electrons. The van der Waals surface area contributed by atoms with Crippen LogP contribution in [0.25, 0.3) is 0 Å². The van der Waals surface area contributed by atoms with Gasteiger partial charge in [-0.15, -0.1) is 24.0 Å². The Labute approximate surface area is 208 Å². The van der Waals surface area contributed by atoms with Crippen molar-refractivity contribution in [3.05, 3.63) is 17.7 Å². The summed E-state index contributed by atoms with van der Waals surface area (Å²) in [5, 5.41) is 6.33. The van der Waals surface area contributed by atoms with E-state index in [1.807, 2.05) is 32.9 Å². The number of carbonyl (C=O) groups is 1. The van der Waals surface area contributed by atoms with Gasteiger partial charge in [-0.1, -0.05) is 6.07 Å². The number of nitrogens with one attached hydrogen (secondary N) is 2. The molecule has 1 aromatic rings. The first-order chi connectivity index (χ1) is 14.7. The number of benzene rings is 1. The predicted octanol–water partition coefficient (Wildman–Crippen LogP) is 3.05. The van der Waals surface area contributed by atoms with E-state index < -0.39 is 5.60 Å². The van der Waals surface area contributed by atoms with Gasteiger partial charge in [0.2, 0.25) is 5.75 Å². The average molecular weight is 564 g/mol. The molecule has 9 nitrogen and oxygen atoms in total. The SMILES string of the molecule is CN=C(NCCc1ccc(OC)c(OC)c1OC)N1CCC(NC(=O)OC(C)(C)C)C1.I. The number of carbonyl (C=O) groups excluding carboxylic acids is 1. The Bertz CT molecular complexity index is 782. The van der Waals surface area contributed by atoms with Crippen LogP contribution in [0.4, 0.5) is 4.79 Å². The van der Waals surface area contributed by atoms with E-state index in [1.54, 1.807) is 28.4 Å². The van der Waals surface area contributed by atoms with Gasteiger partial charge < -0.3 is 34.5 Å². The number of hydrogen-bond donors (Lipinski definition) is 2. The summed E-state index contributed by atoms with van der Waals surface area (Å²) < 4.78 is 21.7. The maximum absolute atomic E-state index is 12.0. The molecule has 0 spiro atoms. The van der Waals surface area contributed by atoms with Gasteiger partial charge in [-0.25, -0.2) is 4.79 Å². The summed E-state index contributed by atoms with van der Waals surface area (Å²) >= 11 is 0. The first kappa shape index (κ1) is 27.9. The highest BCUT2D eigenvalue weighted by atomic mass is 127. The molecule has 1 aliphatic heterocycles. The van der Waals surface area contributed by atoms with Crippen LogP contribution in [0.5, 0.6) is 17.2 Å². The van der Waals surface area contributed by atoms with E-state index in [2.05, 4.69) is 20.5 Å². The van der Waals surface area contributed by atoms with Gasteiger partial charge in [-0.2, -0.15) is 0 Å². The molecule has 1 heterocycles. The molecule has 10 heteroatoms. The van der Waals surface area contributed by atoms with Crippen molar-refractivity contribution in [2.45, 2.75) is 45.3 Å². The zero-order chi connectivity index (χ0) is 23.0. The number of guanidine groups is 1. The molecule has 1 amide bonds. The maximum Gasteiger partial charge on any atom is 0.407 e. The van der Waals surface area contributed by atoms with Crippen molar-refractivity contribution in [3.8, 4) is 17.2 Å². The number of aliphatic imine (C=N–C) groups is 1. The van der Waals surface area contributed by atoms with Crippen LogP contribution < -0.4 is 24.8 Å². The van der Waals surface area contributed by atoms with Gasteiger partial charge in [0.1, 0.15) is 5.60 Å². The maximum atomic E-state index is 12.0. The van der Waals surface area contributed by atoms with Gasteiger partial charge in [0, 0.05) is 32.2 Å². The van der Waals surface area contributed by atoms with Crippen LogP contribution in [-0.2, 0) is 11.2 Å². The second kappa shape index (κ2) is 12.8. The van der Waals surface area contributed by atoms with Gasteiger partial charge in [0.25, 0.3) is 0 Å². The van der Waals surface area contributed by atoms with Crippen LogP contribution in [0.1, 0.15) is 32.8 Å². The summed E-state index contributed by atoms with van der Waals surface area (Å²) in [7, 11) is 6.58. The zero-order valence-electron chi connectivity index (χ0n) is 20.1. The monoisotopic (exact) mass is 564 g/mol. The first-order valence-corrected chi connectivity index (χ1v) is 10.4. The molecule has 0 aliphatic carbocycles. The number of halogens is 1. The molecule has 1 aliphatic rings. The minimum Gasteiger partial charge on any atom is -0.493 e. The van der Waals surface area contributed by atoms with Gasteiger partial charge in [-0.05, 0) is 39.7 Å². The number of ether oxygens (including phenoxy) is 4. The predicted molar refractivity (Wildman–Crippen MR) is 136 cm³/mol. The topological polar surface area (TPSA) is 93.7 Å². The van der Waals surface area contributed by atoms with Crippen LogP contribution in [-0.4, -0.2) is 76.6 Å². The Morgan fingerprint density at radius 3 is 2.41 bits per heavy atom. The Balaban J connectivity index is 0.00000512. The third-order valence-electron chi connectivity index (χ3n) is 4.88. The second-order valence-electron chi connectivity index (χ2n) is 8.30. The van der Waals surface area contributed by atoms with Gasteiger partial charge >= 0.3 is 6.09 Å². The summed E-state index contributed by atoms with van der Waals surface area (Å²) in [5.74, 6) is 2.68. The Morgan fingerprint density at radius 1 is 1.16 bits per heavy atom. The third-order valence-corrected chi connectivity index (χ3v) is 4.88. The smallest absolute Gasteiger partial charge is 0.407 e. The number of amides is 1. The molecule has 2 N–H and O–H groups in total. The number of rotatable bonds is 7. The Morgan fingerprint density at radius 2 is 1.84 bits per heavy atom. The lowest BCUT2D eigenvalue weighted by Crippen LogP contribution is -2.44. The summed E-state index contributed by atoms with van der Waals surface area (Å²) in [4.78, 5) is 18.5. The molecule has 0 bridgehead atoms. The Kier molecular flexibility index (Phi) is 11.2. The van der Waals surface area contributed by atoms with Crippen molar-refractivity contribution in [1.29, 1.82) is 0 Å². The van der Waals surface area contributed by atoms with E-state index >= 15 is 0 Å².